The van der Waals surface area contributed by atoms with Crippen LogP contribution in [0.15, 0.2) is 0 Å². The van der Waals surface area contributed by atoms with Crippen LogP contribution in [0.4, 0.5) is 5.95 Å². The molecule has 0 aliphatic heterocycles. The van der Waals surface area contributed by atoms with Crippen LogP contribution in [-0.4, -0.2) is 40.8 Å². The SMILES string of the molecule is CCCN(CC(=O)OCC)c1nnc(CC)c(CC)n1. The molecule has 1 aromatic heterocycles. The molecule has 0 fully saturated rings. The summed E-state index contributed by atoms with van der Waals surface area (Å²) in [5.41, 5.74) is 1.87. The van der Waals surface area contributed by atoms with Gasteiger partial charge in [-0.15, -0.1) is 5.10 Å². The third-order valence-corrected chi connectivity index (χ3v) is 2.90. The molecule has 1 aromatic rings. The average molecular weight is 280 g/mol. The summed E-state index contributed by atoms with van der Waals surface area (Å²) in [5, 5.41) is 8.37. The molecule has 0 saturated heterocycles. The molecule has 0 bridgehead atoms. The first kappa shape index (κ1) is 16.3. The summed E-state index contributed by atoms with van der Waals surface area (Å²) < 4.78 is 4.99. The summed E-state index contributed by atoms with van der Waals surface area (Å²) in [7, 11) is 0. The second-order valence-corrected chi connectivity index (χ2v) is 4.44. The van der Waals surface area contributed by atoms with Crippen molar-refractivity contribution in [2.45, 2.75) is 47.0 Å². The molecule has 6 heteroatoms. The van der Waals surface area contributed by atoms with Gasteiger partial charge in [-0.2, -0.15) is 5.10 Å². The fraction of sp³-hybridized carbons (Fsp3) is 0.714. The molecule has 0 spiro atoms. The molecule has 0 unspecified atom stereocenters. The average Bonchev–Trinajstić information content (AvgIpc) is 2.46. The molecule has 1 rings (SSSR count). The maximum absolute atomic E-state index is 11.6. The van der Waals surface area contributed by atoms with Crippen molar-refractivity contribution in [3.63, 3.8) is 0 Å². The molecule has 0 saturated carbocycles. The van der Waals surface area contributed by atoms with Crippen LogP contribution in [0.3, 0.4) is 0 Å². The van der Waals surface area contributed by atoms with Gasteiger partial charge < -0.3 is 9.64 Å². The maximum atomic E-state index is 11.6. The van der Waals surface area contributed by atoms with Gasteiger partial charge in [-0.25, -0.2) is 4.98 Å². The van der Waals surface area contributed by atoms with Crippen LogP contribution < -0.4 is 4.90 Å². The Balaban J connectivity index is 2.93. The smallest absolute Gasteiger partial charge is 0.325 e. The van der Waals surface area contributed by atoms with Gasteiger partial charge in [-0.1, -0.05) is 20.8 Å². The van der Waals surface area contributed by atoms with E-state index in [1.165, 1.54) is 0 Å². The Morgan fingerprint density at radius 2 is 1.80 bits per heavy atom. The molecule has 112 valence electrons. The fourth-order valence-corrected chi connectivity index (χ4v) is 1.94. The topological polar surface area (TPSA) is 68.2 Å². The van der Waals surface area contributed by atoms with Crippen LogP contribution in [-0.2, 0) is 22.4 Å². The lowest BCUT2D eigenvalue weighted by atomic mass is 10.2. The van der Waals surface area contributed by atoms with Crippen molar-refractivity contribution < 1.29 is 9.53 Å². The highest BCUT2D eigenvalue weighted by Gasteiger charge is 2.16. The number of aromatic nitrogens is 3. The molecule has 0 atom stereocenters. The minimum Gasteiger partial charge on any atom is -0.465 e. The Hall–Kier alpha value is -1.72. The Morgan fingerprint density at radius 3 is 2.35 bits per heavy atom. The Kier molecular flexibility index (Phi) is 6.90. The van der Waals surface area contributed by atoms with E-state index < -0.39 is 0 Å². The normalized spacial score (nSPS) is 10.4. The quantitative estimate of drug-likeness (QED) is 0.676. The zero-order valence-corrected chi connectivity index (χ0v) is 12.8. The summed E-state index contributed by atoms with van der Waals surface area (Å²) in [6.45, 7) is 9.17. The van der Waals surface area contributed by atoms with E-state index in [2.05, 4.69) is 15.2 Å². The highest BCUT2D eigenvalue weighted by molar-refractivity contribution is 5.74. The summed E-state index contributed by atoms with van der Waals surface area (Å²) in [5.74, 6) is 0.246. The standard InChI is InChI=1S/C14H24N4O2/c1-5-9-18(10-13(19)20-8-4)14-15-11(6-2)12(7-3)16-17-14/h5-10H2,1-4H3. The molecule has 1 heterocycles. The van der Waals surface area contributed by atoms with Crippen LogP contribution in [0.1, 0.15) is 45.5 Å². The predicted octanol–water partition coefficient (Wildman–Crippen LogP) is 1.78. The Morgan fingerprint density at radius 1 is 1.10 bits per heavy atom. The molecule has 0 aliphatic rings. The number of hydrogen-bond donors (Lipinski definition) is 0. The van der Waals surface area contributed by atoms with E-state index in [-0.39, 0.29) is 12.5 Å². The van der Waals surface area contributed by atoms with E-state index in [1.54, 1.807) is 6.92 Å². The van der Waals surface area contributed by atoms with Crippen LogP contribution in [0.5, 0.6) is 0 Å². The minimum atomic E-state index is -0.262. The molecule has 0 aliphatic carbocycles. The lowest BCUT2D eigenvalue weighted by Gasteiger charge is -2.21. The summed E-state index contributed by atoms with van der Waals surface area (Å²) in [6, 6.07) is 0. The van der Waals surface area contributed by atoms with Gasteiger partial charge in [0.25, 0.3) is 0 Å². The van der Waals surface area contributed by atoms with E-state index in [0.717, 1.165) is 30.7 Å². The number of carbonyl (C=O) groups is 1. The van der Waals surface area contributed by atoms with Crippen LogP contribution in [0.25, 0.3) is 0 Å². The van der Waals surface area contributed by atoms with Gasteiger partial charge in [-0.05, 0) is 26.2 Å². The number of carbonyl (C=O) groups excluding carboxylic acids is 1. The van der Waals surface area contributed by atoms with Crippen LogP contribution >= 0.6 is 0 Å². The summed E-state index contributed by atoms with van der Waals surface area (Å²) in [6.07, 6.45) is 2.53. The van der Waals surface area contributed by atoms with Gasteiger partial charge >= 0.3 is 5.97 Å². The van der Waals surface area contributed by atoms with E-state index in [9.17, 15) is 4.79 Å². The van der Waals surface area contributed by atoms with Crippen molar-refractivity contribution in [1.82, 2.24) is 15.2 Å². The number of hydrogen-bond acceptors (Lipinski definition) is 6. The second kappa shape index (κ2) is 8.45. The lowest BCUT2D eigenvalue weighted by Crippen LogP contribution is -2.33. The summed E-state index contributed by atoms with van der Waals surface area (Å²) in [4.78, 5) is 18.0. The van der Waals surface area contributed by atoms with Gasteiger partial charge in [0, 0.05) is 6.54 Å². The first-order valence-corrected chi connectivity index (χ1v) is 7.29. The Labute approximate surface area is 120 Å². The molecular weight excluding hydrogens is 256 g/mol. The molecule has 6 nitrogen and oxygen atoms in total. The number of rotatable bonds is 8. The van der Waals surface area contributed by atoms with Gasteiger partial charge in [-0.3, -0.25) is 4.79 Å². The van der Waals surface area contributed by atoms with Crippen molar-refractivity contribution in [2.75, 3.05) is 24.6 Å². The van der Waals surface area contributed by atoms with Gasteiger partial charge in [0.1, 0.15) is 6.54 Å². The zero-order chi connectivity index (χ0) is 15.0. The molecule has 0 amide bonds. The van der Waals surface area contributed by atoms with Crippen LogP contribution in [0.2, 0.25) is 0 Å². The number of nitrogens with zero attached hydrogens (tertiary/aromatic N) is 4. The second-order valence-electron chi connectivity index (χ2n) is 4.44. The minimum absolute atomic E-state index is 0.165. The molecule has 0 aromatic carbocycles. The van der Waals surface area contributed by atoms with E-state index >= 15 is 0 Å². The molecule has 0 N–H and O–H groups in total. The largest absolute Gasteiger partial charge is 0.465 e. The first-order valence-electron chi connectivity index (χ1n) is 7.29. The zero-order valence-electron chi connectivity index (χ0n) is 12.8. The van der Waals surface area contributed by atoms with E-state index in [1.807, 2.05) is 25.7 Å². The number of aryl methyl sites for hydroxylation is 2. The highest BCUT2D eigenvalue weighted by atomic mass is 16.5. The number of esters is 1. The number of anilines is 1. The van der Waals surface area contributed by atoms with Crippen LogP contribution in [0, 0.1) is 0 Å². The van der Waals surface area contributed by atoms with Gasteiger partial charge in [0.05, 0.1) is 18.0 Å². The third-order valence-electron chi connectivity index (χ3n) is 2.90. The third kappa shape index (κ3) is 4.43. The molecular formula is C14H24N4O2. The van der Waals surface area contributed by atoms with Crippen molar-refractivity contribution in [3.05, 3.63) is 11.4 Å². The monoisotopic (exact) mass is 280 g/mol. The van der Waals surface area contributed by atoms with Gasteiger partial charge in [0.15, 0.2) is 0 Å². The van der Waals surface area contributed by atoms with Gasteiger partial charge in [0.2, 0.25) is 5.95 Å². The highest BCUT2D eigenvalue weighted by Crippen LogP contribution is 2.11. The predicted molar refractivity (Wildman–Crippen MR) is 77.7 cm³/mol. The van der Waals surface area contributed by atoms with E-state index in [4.69, 9.17) is 4.74 Å². The molecule has 0 radical (unpaired) electrons. The van der Waals surface area contributed by atoms with Crippen molar-refractivity contribution >= 4 is 11.9 Å². The maximum Gasteiger partial charge on any atom is 0.325 e. The Bertz CT molecular complexity index is 437. The van der Waals surface area contributed by atoms with E-state index in [0.29, 0.717) is 19.1 Å². The van der Waals surface area contributed by atoms with Crippen molar-refractivity contribution in [1.29, 1.82) is 0 Å². The fourth-order valence-electron chi connectivity index (χ4n) is 1.94. The summed E-state index contributed by atoms with van der Waals surface area (Å²) >= 11 is 0. The van der Waals surface area contributed by atoms with Crippen molar-refractivity contribution in [2.24, 2.45) is 0 Å². The molecule has 20 heavy (non-hydrogen) atoms. The lowest BCUT2D eigenvalue weighted by molar-refractivity contribution is -0.141. The van der Waals surface area contributed by atoms with Crippen molar-refractivity contribution in [3.8, 4) is 0 Å². The number of ether oxygens (including phenoxy) is 1. The first-order chi connectivity index (χ1) is 9.65.